The molecule has 0 aliphatic rings. The number of esters is 1. The molecule has 0 unspecified atom stereocenters. The summed E-state index contributed by atoms with van der Waals surface area (Å²) in [4.78, 5) is 20.2. The predicted molar refractivity (Wildman–Crippen MR) is 150 cm³/mol. The number of nitrogens with zero attached hydrogens (tertiary/aromatic N) is 4. The van der Waals surface area contributed by atoms with Crippen LogP contribution in [0.15, 0.2) is 30.5 Å². The molecule has 14 heteroatoms. The average Bonchev–Trinajstić information content (AvgIpc) is 3.30. The maximum atomic E-state index is 15.3. The number of methoxy groups -OCH3 is 1. The Bertz CT molecular complexity index is 1390. The zero-order valence-electron chi connectivity index (χ0n) is 24.8. The fourth-order valence-corrected chi connectivity index (χ4v) is 4.43. The first-order valence-electron chi connectivity index (χ1n) is 13.2. The second-order valence-electron chi connectivity index (χ2n) is 11.7. The third-order valence-corrected chi connectivity index (χ3v) is 7.84. The number of benzene rings is 1. The van der Waals surface area contributed by atoms with Gasteiger partial charge in [0.15, 0.2) is 12.4 Å². The van der Waals surface area contributed by atoms with Crippen molar-refractivity contribution in [2.45, 2.75) is 59.4 Å². The summed E-state index contributed by atoms with van der Waals surface area (Å²) in [7, 11) is -0.0863. The summed E-state index contributed by atoms with van der Waals surface area (Å²) in [6.45, 7) is 10.4. The first kappa shape index (κ1) is 33.0. The lowest BCUT2D eigenvalue weighted by atomic mass is 9.95. The van der Waals surface area contributed by atoms with E-state index in [-0.39, 0.29) is 24.7 Å². The molecule has 0 spiro atoms. The highest BCUT2D eigenvalue weighted by Crippen LogP contribution is 2.31. The van der Waals surface area contributed by atoms with E-state index in [9.17, 15) is 18.0 Å². The van der Waals surface area contributed by atoms with Crippen LogP contribution >= 0.6 is 0 Å². The van der Waals surface area contributed by atoms with Crippen molar-refractivity contribution in [3.63, 3.8) is 0 Å². The van der Waals surface area contributed by atoms with Crippen LogP contribution in [0.1, 0.15) is 19.4 Å². The standard InChI is InChI=1S/C28H36F4N4O5Si/c1-18-12-23(40-15-27(2,3)25(37)38-4)33-14-21(18)19-8-9-20(22(29)13-19)24-34-26(41-16-28(30,31)32)36(35-24)17-39-10-11-42(5,6)7/h8-9,12-14H,10-11,15-17H2,1-7H3. The molecule has 0 saturated heterocycles. The first-order valence-corrected chi connectivity index (χ1v) is 16.9. The van der Waals surface area contributed by atoms with E-state index in [0.717, 1.165) is 16.3 Å². The summed E-state index contributed by atoms with van der Waals surface area (Å²) >= 11 is 0. The lowest BCUT2D eigenvalue weighted by Crippen LogP contribution is -2.32. The largest absolute Gasteiger partial charge is 0.476 e. The minimum Gasteiger partial charge on any atom is -0.476 e. The van der Waals surface area contributed by atoms with E-state index in [2.05, 4.69) is 34.7 Å². The Kier molecular flexibility index (Phi) is 10.4. The lowest BCUT2D eigenvalue weighted by molar-refractivity contribution is -0.155. The van der Waals surface area contributed by atoms with Crippen molar-refractivity contribution in [2.24, 2.45) is 5.41 Å². The summed E-state index contributed by atoms with van der Waals surface area (Å²) in [6, 6.07) is 6.42. The summed E-state index contributed by atoms with van der Waals surface area (Å²) in [6.07, 6.45) is -3.06. The van der Waals surface area contributed by atoms with E-state index in [1.807, 2.05) is 0 Å². The molecule has 9 nitrogen and oxygen atoms in total. The Morgan fingerprint density at radius 2 is 1.76 bits per heavy atom. The molecule has 3 rings (SSSR count). The van der Waals surface area contributed by atoms with E-state index in [1.165, 1.54) is 25.4 Å². The van der Waals surface area contributed by atoms with Gasteiger partial charge in [0.25, 0.3) is 0 Å². The number of hydrogen-bond donors (Lipinski definition) is 0. The Hall–Kier alpha value is -3.52. The van der Waals surface area contributed by atoms with Crippen molar-refractivity contribution < 1.29 is 41.3 Å². The molecule has 0 fully saturated rings. The Morgan fingerprint density at radius 3 is 2.36 bits per heavy atom. The minimum absolute atomic E-state index is 0.0212. The molecule has 1 aromatic carbocycles. The highest BCUT2D eigenvalue weighted by molar-refractivity contribution is 6.76. The maximum absolute atomic E-state index is 15.3. The van der Waals surface area contributed by atoms with Crippen LogP contribution in [0.25, 0.3) is 22.5 Å². The number of carbonyl (C=O) groups is 1. The van der Waals surface area contributed by atoms with Crippen LogP contribution in [0.5, 0.6) is 11.9 Å². The second-order valence-corrected chi connectivity index (χ2v) is 17.3. The number of aryl methyl sites for hydroxylation is 1. The normalized spacial score (nSPS) is 12.4. The fraction of sp³-hybridized carbons (Fsp3) is 0.500. The molecule has 2 aromatic heterocycles. The van der Waals surface area contributed by atoms with Crippen LogP contribution < -0.4 is 9.47 Å². The highest BCUT2D eigenvalue weighted by atomic mass is 28.3. The summed E-state index contributed by atoms with van der Waals surface area (Å²) in [5.41, 5.74) is 0.977. The summed E-state index contributed by atoms with van der Waals surface area (Å²) in [5, 5.41) is 4.16. The topological polar surface area (TPSA) is 97.6 Å². The van der Waals surface area contributed by atoms with Gasteiger partial charge < -0.3 is 18.9 Å². The quantitative estimate of drug-likeness (QED) is 0.0962. The van der Waals surface area contributed by atoms with Crippen molar-refractivity contribution in [1.82, 2.24) is 19.7 Å². The molecule has 0 bridgehead atoms. The van der Waals surface area contributed by atoms with E-state index in [4.69, 9.17) is 18.9 Å². The number of aromatic nitrogens is 4. The van der Waals surface area contributed by atoms with E-state index in [0.29, 0.717) is 23.6 Å². The van der Waals surface area contributed by atoms with Crippen molar-refractivity contribution in [2.75, 3.05) is 26.9 Å². The molecule has 0 amide bonds. The summed E-state index contributed by atoms with van der Waals surface area (Å²) in [5.74, 6) is -0.958. The minimum atomic E-state index is -4.59. The monoisotopic (exact) mass is 612 g/mol. The highest BCUT2D eigenvalue weighted by Gasteiger charge is 2.31. The van der Waals surface area contributed by atoms with Gasteiger partial charge >= 0.3 is 18.2 Å². The van der Waals surface area contributed by atoms with Crippen LogP contribution in [-0.4, -0.2) is 66.9 Å². The van der Waals surface area contributed by atoms with Gasteiger partial charge in [-0.15, -0.1) is 5.10 Å². The molecule has 2 heterocycles. The van der Waals surface area contributed by atoms with Crippen molar-refractivity contribution in [1.29, 1.82) is 0 Å². The number of alkyl halides is 3. The number of ether oxygens (including phenoxy) is 4. The first-order chi connectivity index (χ1) is 19.5. The van der Waals surface area contributed by atoms with Gasteiger partial charge in [-0.25, -0.2) is 9.37 Å². The third kappa shape index (κ3) is 9.24. The fourth-order valence-electron chi connectivity index (χ4n) is 3.67. The number of rotatable bonds is 13. The van der Waals surface area contributed by atoms with Crippen molar-refractivity contribution >= 4 is 14.0 Å². The van der Waals surface area contributed by atoms with Gasteiger partial charge in [0.1, 0.15) is 19.2 Å². The van der Waals surface area contributed by atoms with Gasteiger partial charge in [0, 0.05) is 32.5 Å². The molecule has 0 atom stereocenters. The van der Waals surface area contributed by atoms with E-state index >= 15 is 4.39 Å². The van der Waals surface area contributed by atoms with Crippen molar-refractivity contribution in [3.05, 3.63) is 41.8 Å². The van der Waals surface area contributed by atoms with Gasteiger partial charge in [0.05, 0.1) is 18.1 Å². The molecule has 42 heavy (non-hydrogen) atoms. The number of pyridine rings is 1. The second kappa shape index (κ2) is 13.2. The third-order valence-electron chi connectivity index (χ3n) is 6.14. The molecule has 0 aliphatic heterocycles. The van der Waals surface area contributed by atoms with Crippen LogP contribution in [-0.2, 0) is 21.0 Å². The molecular weight excluding hydrogens is 576 g/mol. The van der Waals surface area contributed by atoms with Crippen LogP contribution in [0.2, 0.25) is 25.7 Å². The molecule has 0 aliphatic carbocycles. The SMILES string of the molecule is COC(=O)C(C)(C)COc1cc(C)c(-c2ccc(-c3nc(OCC(F)(F)F)n(COCC[Si](C)(C)C)n3)c(F)c2)cn1. The van der Waals surface area contributed by atoms with Gasteiger partial charge in [-0.3, -0.25) is 4.79 Å². The lowest BCUT2D eigenvalue weighted by Gasteiger charge is -2.21. The maximum Gasteiger partial charge on any atom is 0.422 e. The number of halogens is 4. The molecule has 3 aromatic rings. The van der Waals surface area contributed by atoms with Gasteiger partial charge in [-0.2, -0.15) is 22.8 Å². The Labute approximate surface area is 243 Å². The molecular formula is C28H36F4N4O5Si. The van der Waals surface area contributed by atoms with Crippen LogP contribution in [0, 0.1) is 18.2 Å². The Morgan fingerprint density at radius 1 is 1.05 bits per heavy atom. The van der Waals surface area contributed by atoms with Gasteiger partial charge in [0.2, 0.25) is 5.88 Å². The average molecular weight is 613 g/mol. The smallest absolute Gasteiger partial charge is 0.422 e. The predicted octanol–water partition coefficient (Wildman–Crippen LogP) is 6.29. The van der Waals surface area contributed by atoms with Crippen molar-refractivity contribution in [3.8, 4) is 34.4 Å². The molecule has 230 valence electrons. The van der Waals surface area contributed by atoms with E-state index in [1.54, 1.807) is 32.9 Å². The summed E-state index contributed by atoms with van der Waals surface area (Å²) < 4.78 is 75.7. The number of hydrogen-bond acceptors (Lipinski definition) is 8. The molecule has 0 radical (unpaired) electrons. The zero-order valence-corrected chi connectivity index (χ0v) is 25.8. The van der Waals surface area contributed by atoms with Gasteiger partial charge in [-0.05, 0) is 50.1 Å². The van der Waals surface area contributed by atoms with E-state index < -0.39 is 44.1 Å². The van der Waals surface area contributed by atoms with Crippen LogP contribution in [0.3, 0.4) is 0 Å². The molecule has 0 saturated carbocycles. The Balaban J connectivity index is 1.80. The van der Waals surface area contributed by atoms with Crippen LogP contribution in [0.4, 0.5) is 17.6 Å². The zero-order chi connectivity index (χ0) is 31.3. The van der Waals surface area contributed by atoms with Gasteiger partial charge in [-0.1, -0.05) is 25.7 Å². The molecule has 0 N–H and O–H groups in total. The number of carbonyl (C=O) groups excluding carboxylic acids is 1.